The lowest BCUT2D eigenvalue weighted by atomic mass is 10.1. The minimum atomic E-state index is -0.00228. The van der Waals surface area contributed by atoms with Gasteiger partial charge >= 0.3 is 0 Å². The molecule has 0 unspecified atom stereocenters. The van der Waals surface area contributed by atoms with E-state index in [0.717, 1.165) is 46.7 Å². The van der Waals surface area contributed by atoms with E-state index < -0.39 is 0 Å². The van der Waals surface area contributed by atoms with Gasteiger partial charge in [0.05, 0.1) is 5.56 Å². The fourth-order valence-electron chi connectivity index (χ4n) is 3.47. The zero-order chi connectivity index (χ0) is 22.9. The number of benzene rings is 2. The highest BCUT2D eigenvalue weighted by Gasteiger charge is 2.15. The van der Waals surface area contributed by atoms with Gasteiger partial charge in [-0.2, -0.15) is 0 Å². The third-order valence-electron chi connectivity index (χ3n) is 5.23. The number of nitrogens with zero attached hydrogens (tertiary/aromatic N) is 3. The molecule has 2 aromatic carbocycles. The predicted molar refractivity (Wildman–Crippen MR) is 133 cm³/mol. The summed E-state index contributed by atoms with van der Waals surface area (Å²) in [4.78, 5) is 21.0. The van der Waals surface area contributed by atoms with Crippen LogP contribution in [0.15, 0.2) is 71.3 Å². The van der Waals surface area contributed by atoms with Gasteiger partial charge in [0.25, 0.3) is 5.91 Å². The molecule has 0 aliphatic carbocycles. The molecule has 6 heteroatoms. The Kier molecular flexibility index (Phi) is 8.68. The van der Waals surface area contributed by atoms with Crippen molar-refractivity contribution in [2.75, 3.05) is 25.0 Å². The lowest BCUT2D eigenvalue weighted by molar-refractivity contribution is 0.0794. The molecular formula is C26H30BrN3O2. The van der Waals surface area contributed by atoms with E-state index in [1.165, 1.54) is 0 Å². The molecule has 0 saturated carbocycles. The lowest BCUT2D eigenvalue weighted by Gasteiger charge is -2.24. The number of aromatic nitrogens is 1. The topological polar surface area (TPSA) is 45.7 Å². The van der Waals surface area contributed by atoms with E-state index in [4.69, 9.17) is 4.74 Å². The van der Waals surface area contributed by atoms with Crippen LogP contribution in [0.2, 0.25) is 0 Å². The SMILES string of the molecule is CCCN(C)C(=O)c1ccc(N(CC)Cc2cc(Br)ccc2OCc2ccccc2)nc1. The monoisotopic (exact) mass is 495 g/mol. The van der Waals surface area contributed by atoms with E-state index in [9.17, 15) is 4.79 Å². The first-order chi connectivity index (χ1) is 15.5. The summed E-state index contributed by atoms with van der Waals surface area (Å²) in [7, 11) is 1.82. The van der Waals surface area contributed by atoms with Crippen LogP contribution in [-0.4, -0.2) is 35.9 Å². The summed E-state index contributed by atoms with van der Waals surface area (Å²) < 4.78 is 7.14. The maximum Gasteiger partial charge on any atom is 0.255 e. The minimum Gasteiger partial charge on any atom is -0.489 e. The van der Waals surface area contributed by atoms with E-state index in [0.29, 0.717) is 18.7 Å². The molecule has 5 nitrogen and oxygen atoms in total. The van der Waals surface area contributed by atoms with E-state index >= 15 is 0 Å². The summed E-state index contributed by atoms with van der Waals surface area (Å²) in [6.07, 6.45) is 2.60. The molecule has 3 rings (SSSR count). The van der Waals surface area contributed by atoms with Crippen molar-refractivity contribution in [3.63, 3.8) is 0 Å². The third kappa shape index (κ3) is 6.33. The van der Waals surface area contributed by atoms with Gasteiger partial charge in [0.2, 0.25) is 0 Å². The number of halogens is 1. The molecule has 0 aliphatic heterocycles. The Balaban J connectivity index is 1.74. The Bertz CT molecular complexity index is 1010. The first kappa shape index (κ1) is 23.8. The van der Waals surface area contributed by atoms with Crippen molar-refractivity contribution >= 4 is 27.7 Å². The van der Waals surface area contributed by atoms with Crippen LogP contribution >= 0.6 is 15.9 Å². The number of anilines is 1. The Morgan fingerprint density at radius 2 is 1.84 bits per heavy atom. The molecule has 3 aromatic rings. The van der Waals surface area contributed by atoms with Gasteiger partial charge < -0.3 is 14.5 Å². The minimum absolute atomic E-state index is 0.00228. The summed E-state index contributed by atoms with van der Waals surface area (Å²) in [6.45, 7) is 6.83. The molecule has 168 valence electrons. The summed E-state index contributed by atoms with van der Waals surface area (Å²) in [5.41, 5.74) is 2.81. The fourth-order valence-corrected chi connectivity index (χ4v) is 3.87. The van der Waals surface area contributed by atoms with Crippen LogP contribution in [0.4, 0.5) is 5.82 Å². The highest BCUT2D eigenvalue weighted by atomic mass is 79.9. The molecule has 1 aromatic heterocycles. The number of hydrogen-bond donors (Lipinski definition) is 0. The Morgan fingerprint density at radius 1 is 1.06 bits per heavy atom. The number of hydrogen-bond acceptors (Lipinski definition) is 4. The quantitative estimate of drug-likeness (QED) is 0.349. The maximum absolute atomic E-state index is 12.5. The van der Waals surface area contributed by atoms with Gasteiger partial charge in [-0.3, -0.25) is 4.79 Å². The summed E-state index contributed by atoms with van der Waals surface area (Å²) >= 11 is 3.58. The van der Waals surface area contributed by atoms with E-state index in [-0.39, 0.29) is 5.91 Å². The number of amides is 1. The van der Waals surface area contributed by atoms with Crippen LogP contribution in [0.5, 0.6) is 5.75 Å². The molecule has 0 bridgehead atoms. The first-order valence-electron chi connectivity index (χ1n) is 10.9. The van der Waals surface area contributed by atoms with E-state index in [1.807, 2.05) is 49.5 Å². The first-order valence-corrected chi connectivity index (χ1v) is 11.7. The molecule has 0 N–H and O–H groups in total. The van der Waals surface area contributed by atoms with E-state index in [1.54, 1.807) is 11.1 Å². The largest absolute Gasteiger partial charge is 0.489 e. The lowest BCUT2D eigenvalue weighted by Crippen LogP contribution is -2.28. The number of carbonyl (C=O) groups is 1. The van der Waals surface area contributed by atoms with Gasteiger partial charge in [0, 0.05) is 42.9 Å². The number of carbonyl (C=O) groups excluding carboxylic acids is 1. The summed E-state index contributed by atoms with van der Waals surface area (Å²) in [6, 6.07) is 20.0. The second kappa shape index (κ2) is 11.7. The normalized spacial score (nSPS) is 10.6. The van der Waals surface area contributed by atoms with Crippen molar-refractivity contribution in [1.82, 2.24) is 9.88 Å². The molecule has 0 saturated heterocycles. The number of rotatable bonds is 10. The molecule has 0 radical (unpaired) electrons. The summed E-state index contributed by atoms with van der Waals surface area (Å²) in [5.74, 6) is 1.68. The molecular weight excluding hydrogens is 466 g/mol. The zero-order valence-corrected chi connectivity index (χ0v) is 20.5. The zero-order valence-electron chi connectivity index (χ0n) is 18.9. The molecule has 1 heterocycles. The second-order valence-corrected chi connectivity index (χ2v) is 8.59. The molecule has 0 spiro atoms. The smallest absolute Gasteiger partial charge is 0.255 e. The molecule has 0 aliphatic rings. The van der Waals surface area contributed by atoms with Crippen molar-refractivity contribution in [3.05, 3.63) is 88.0 Å². The van der Waals surface area contributed by atoms with Crippen molar-refractivity contribution < 1.29 is 9.53 Å². The second-order valence-electron chi connectivity index (χ2n) is 7.67. The molecule has 0 fully saturated rings. The van der Waals surface area contributed by atoms with Gasteiger partial charge in [-0.15, -0.1) is 0 Å². The van der Waals surface area contributed by atoms with Crippen molar-refractivity contribution in [2.45, 2.75) is 33.4 Å². The Morgan fingerprint density at radius 3 is 2.50 bits per heavy atom. The van der Waals surface area contributed by atoms with Crippen molar-refractivity contribution in [3.8, 4) is 5.75 Å². The van der Waals surface area contributed by atoms with Crippen LogP contribution in [0.3, 0.4) is 0 Å². The number of ether oxygens (including phenoxy) is 1. The van der Waals surface area contributed by atoms with Crippen LogP contribution < -0.4 is 9.64 Å². The van der Waals surface area contributed by atoms with Crippen molar-refractivity contribution in [2.24, 2.45) is 0 Å². The predicted octanol–water partition coefficient (Wildman–Crippen LogP) is 5.93. The van der Waals surface area contributed by atoms with Crippen LogP contribution in [0.1, 0.15) is 41.8 Å². The van der Waals surface area contributed by atoms with E-state index in [2.05, 4.69) is 57.9 Å². The highest BCUT2D eigenvalue weighted by molar-refractivity contribution is 9.10. The Labute approximate surface area is 199 Å². The maximum atomic E-state index is 12.5. The average Bonchev–Trinajstić information content (AvgIpc) is 2.82. The van der Waals surface area contributed by atoms with Crippen molar-refractivity contribution in [1.29, 1.82) is 0 Å². The van der Waals surface area contributed by atoms with Crippen LogP contribution in [0, 0.1) is 0 Å². The van der Waals surface area contributed by atoms with Gasteiger partial charge in [-0.05, 0) is 49.2 Å². The van der Waals surface area contributed by atoms with Gasteiger partial charge in [0.1, 0.15) is 18.2 Å². The number of pyridine rings is 1. The summed E-state index contributed by atoms with van der Waals surface area (Å²) in [5, 5.41) is 0. The highest BCUT2D eigenvalue weighted by Crippen LogP contribution is 2.27. The van der Waals surface area contributed by atoms with Gasteiger partial charge in [-0.1, -0.05) is 53.2 Å². The van der Waals surface area contributed by atoms with Crippen LogP contribution in [-0.2, 0) is 13.2 Å². The fraction of sp³-hybridized carbons (Fsp3) is 0.308. The molecule has 1 amide bonds. The molecule has 32 heavy (non-hydrogen) atoms. The standard InChI is InChI=1S/C26H30BrN3O2/c1-4-15-29(3)26(31)21-11-14-25(28-17-21)30(5-2)18-22-16-23(27)12-13-24(22)32-19-20-9-7-6-8-10-20/h6-14,16-17H,4-5,15,18-19H2,1-3H3. The van der Waals surface area contributed by atoms with Gasteiger partial charge in [-0.25, -0.2) is 4.98 Å². The van der Waals surface area contributed by atoms with Crippen LogP contribution in [0.25, 0.3) is 0 Å². The molecule has 0 atom stereocenters. The third-order valence-corrected chi connectivity index (χ3v) is 5.72. The average molecular weight is 496 g/mol. The Hall–Kier alpha value is -2.86. The van der Waals surface area contributed by atoms with Gasteiger partial charge in [0.15, 0.2) is 0 Å².